The Bertz CT molecular complexity index is 3040. The summed E-state index contributed by atoms with van der Waals surface area (Å²) in [6, 6.07) is 53.6. The zero-order valence-electron chi connectivity index (χ0n) is 25.7. The van der Waals surface area contributed by atoms with E-state index in [1.54, 1.807) is 0 Å². The van der Waals surface area contributed by atoms with E-state index in [0.717, 1.165) is 55.1 Å². The number of fused-ring (bicyclic) bond motifs is 13. The fourth-order valence-electron chi connectivity index (χ4n) is 7.84. The van der Waals surface area contributed by atoms with Crippen LogP contribution in [0.4, 0.5) is 0 Å². The first kappa shape index (κ1) is 25.6. The van der Waals surface area contributed by atoms with Crippen molar-refractivity contribution in [3.05, 3.63) is 152 Å². The highest BCUT2D eigenvalue weighted by atomic mass is 16.3. The summed E-state index contributed by atoms with van der Waals surface area (Å²) in [6.45, 7) is 0. The lowest BCUT2D eigenvalue weighted by molar-refractivity contribution is 0.669. The first-order valence-electron chi connectivity index (χ1n) is 16.3. The molecular formula is C44H25N3O. The molecule has 0 N–H and O–H groups in total. The van der Waals surface area contributed by atoms with Crippen molar-refractivity contribution in [1.29, 1.82) is 0 Å². The van der Waals surface area contributed by atoms with Crippen LogP contribution in [-0.4, -0.2) is 14.5 Å². The minimum atomic E-state index is 0.643. The fraction of sp³-hybridized carbons (Fsp3) is 0. The highest BCUT2D eigenvalue weighted by molar-refractivity contribution is 6.28. The minimum Gasteiger partial charge on any atom is -0.456 e. The monoisotopic (exact) mass is 611 g/mol. The maximum Gasteiger partial charge on any atom is 0.235 e. The Balaban J connectivity index is 1.22. The molecule has 0 atom stereocenters. The number of nitrogens with zero attached hydrogens (tertiary/aromatic N) is 3. The predicted molar refractivity (Wildman–Crippen MR) is 199 cm³/mol. The summed E-state index contributed by atoms with van der Waals surface area (Å²) in [4.78, 5) is 10.6. The number of furan rings is 1. The molecule has 0 amide bonds. The van der Waals surface area contributed by atoms with E-state index in [9.17, 15) is 0 Å². The van der Waals surface area contributed by atoms with E-state index in [0.29, 0.717) is 5.95 Å². The normalized spacial score (nSPS) is 12.2. The van der Waals surface area contributed by atoms with Gasteiger partial charge in [-0.25, -0.2) is 9.97 Å². The van der Waals surface area contributed by atoms with Crippen molar-refractivity contribution in [2.75, 3.05) is 0 Å². The molecule has 3 aromatic heterocycles. The maximum atomic E-state index is 6.49. The molecule has 222 valence electrons. The average molecular weight is 612 g/mol. The van der Waals surface area contributed by atoms with Crippen LogP contribution in [0.5, 0.6) is 0 Å². The van der Waals surface area contributed by atoms with Gasteiger partial charge in [0, 0.05) is 32.5 Å². The number of hydrogen-bond donors (Lipinski definition) is 0. The number of hydrogen-bond acceptors (Lipinski definition) is 3. The van der Waals surface area contributed by atoms with Crippen molar-refractivity contribution < 1.29 is 4.42 Å². The average Bonchev–Trinajstić information content (AvgIpc) is 3.70. The van der Waals surface area contributed by atoms with Gasteiger partial charge in [-0.05, 0) is 68.7 Å². The third-order valence-electron chi connectivity index (χ3n) is 9.97. The highest BCUT2D eigenvalue weighted by Crippen LogP contribution is 2.41. The van der Waals surface area contributed by atoms with Crippen molar-refractivity contribution in [3.63, 3.8) is 0 Å². The minimum absolute atomic E-state index is 0.643. The Kier molecular flexibility index (Phi) is 5.08. The second kappa shape index (κ2) is 9.50. The lowest BCUT2D eigenvalue weighted by Gasteiger charge is -2.12. The smallest absolute Gasteiger partial charge is 0.235 e. The lowest BCUT2D eigenvalue weighted by Crippen LogP contribution is -2.03. The first-order chi connectivity index (χ1) is 23.8. The second-order valence-electron chi connectivity index (χ2n) is 12.6. The zero-order chi connectivity index (χ0) is 31.3. The van der Waals surface area contributed by atoms with E-state index >= 15 is 0 Å². The second-order valence-corrected chi connectivity index (χ2v) is 12.6. The van der Waals surface area contributed by atoms with Crippen LogP contribution in [0.25, 0.3) is 104 Å². The van der Waals surface area contributed by atoms with Gasteiger partial charge in [0.25, 0.3) is 0 Å². The van der Waals surface area contributed by atoms with Crippen molar-refractivity contribution in [3.8, 4) is 17.2 Å². The van der Waals surface area contributed by atoms with Gasteiger partial charge in [-0.2, -0.15) is 0 Å². The van der Waals surface area contributed by atoms with Gasteiger partial charge >= 0.3 is 0 Å². The van der Waals surface area contributed by atoms with Gasteiger partial charge in [-0.3, -0.25) is 4.57 Å². The van der Waals surface area contributed by atoms with Crippen LogP contribution < -0.4 is 0 Å². The Hall–Kier alpha value is -6.52. The Morgan fingerprint density at radius 2 is 0.979 bits per heavy atom. The SMILES string of the molecule is c1ccc2c(c1)ccc1oc3cc(-c4nc(-n5c6ccc7ccccc7c6c6c7ccccc7ccc65)nc5ccccc45)ccc3c12. The summed E-state index contributed by atoms with van der Waals surface area (Å²) in [5.41, 5.74) is 6.66. The summed E-state index contributed by atoms with van der Waals surface area (Å²) in [6.07, 6.45) is 0. The van der Waals surface area contributed by atoms with Crippen molar-refractivity contribution >= 4 is 87.0 Å². The van der Waals surface area contributed by atoms with Gasteiger partial charge in [0.05, 0.1) is 22.2 Å². The van der Waals surface area contributed by atoms with E-state index in [4.69, 9.17) is 14.4 Å². The van der Waals surface area contributed by atoms with Gasteiger partial charge in [0.15, 0.2) is 0 Å². The number of rotatable bonds is 2. The van der Waals surface area contributed by atoms with Crippen LogP contribution in [-0.2, 0) is 0 Å². The quantitative estimate of drug-likeness (QED) is 0.195. The molecule has 0 bridgehead atoms. The molecule has 0 fully saturated rings. The molecule has 11 aromatic rings. The van der Waals surface area contributed by atoms with Gasteiger partial charge in [-0.15, -0.1) is 0 Å². The van der Waals surface area contributed by atoms with Crippen molar-refractivity contribution in [2.45, 2.75) is 0 Å². The molecule has 0 aliphatic heterocycles. The summed E-state index contributed by atoms with van der Waals surface area (Å²) >= 11 is 0. The number of aromatic nitrogens is 3. The molecule has 0 aliphatic rings. The van der Waals surface area contributed by atoms with E-state index in [1.807, 2.05) is 6.07 Å². The van der Waals surface area contributed by atoms with Gasteiger partial charge in [0.1, 0.15) is 11.2 Å². The molecule has 0 radical (unpaired) electrons. The number of para-hydroxylation sites is 1. The Morgan fingerprint density at radius 1 is 0.417 bits per heavy atom. The molecule has 0 saturated carbocycles. The van der Waals surface area contributed by atoms with Crippen LogP contribution in [0.3, 0.4) is 0 Å². The summed E-state index contributed by atoms with van der Waals surface area (Å²) < 4.78 is 8.73. The van der Waals surface area contributed by atoms with Gasteiger partial charge in [0.2, 0.25) is 5.95 Å². The molecule has 11 rings (SSSR count). The van der Waals surface area contributed by atoms with Crippen LogP contribution in [0, 0.1) is 0 Å². The molecule has 0 spiro atoms. The molecule has 8 aromatic carbocycles. The van der Waals surface area contributed by atoms with Crippen LogP contribution in [0.2, 0.25) is 0 Å². The summed E-state index contributed by atoms with van der Waals surface area (Å²) in [5, 5.41) is 12.9. The van der Waals surface area contributed by atoms with Gasteiger partial charge in [-0.1, -0.05) is 115 Å². The van der Waals surface area contributed by atoms with Crippen LogP contribution >= 0.6 is 0 Å². The lowest BCUT2D eigenvalue weighted by atomic mass is 10.00. The molecule has 0 aliphatic carbocycles. The largest absolute Gasteiger partial charge is 0.456 e. The molecule has 0 saturated heterocycles. The third kappa shape index (κ3) is 3.49. The molecular weight excluding hydrogens is 587 g/mol. The molecule has 48 heavy (non-hydrogen) atoms. The van der Waals surface area contributed by atoms with Gasteiger partial charge < -0.3 is 4.42 Å². The van der Waals surface area contributed by atoms with E-state index in [-0.39, 0.29) is 0 Å². The highest BCUT2D eigenvalue weighted by Gasteiger charge is 2.21. The van der Waals surface area contributed by atoms with Crippen molar-refractivity contribution in [2.24, 2.45) is 0 Å². The topological polar surface area (TPSA) is 43.9 Å². The zero-order valence-corrected chi connectivity index (χ0v) is 25.7. The third-order valence-corrected chi connectivity index (χ3v) is 9.97. The van der Waals surface area contributed by atoms with Crippen molar-refractivity contribution in [1.82, 2.24) is 14.5 Å². The summed E-state index contributed by atoms with van der Waals surface area (Å²) in [5.74, 6) is 0.643. The Morgan fingerprint density at radius 3 is 1.65 bits per heavy atom. The summed E-state index contributed by atoms with van der Waals surface area (Å²) in [7, 11) is 0. The first-order valence-corrected chi connectivity index (χ1v) is 16.3. The number of benzene rings is 8. The predicted octanol–water partition coefficient (Wildman–Crippen LogP) is 11.8. The Labute approximate surface area is 274 Å². The standard InChI is InChI=1S/C44H25N3O/c1-4-12-30-28(11-1)20-24-38-40(30)34-21-17-29(25-39(34)48-38)43-33-15-7-8-16-35(33)45-44(46-43)47-36-22-18-26-9-2-5-13-31(26)41(36)42-32-14-6-3-10-27(32)19-23-37(42)47/h1-25H. The molecule has 0 unspecified atom stereocenters. The van der Waals surface area contributed by atoms with E-state index in [2.05, 4.69) is 150 Å². The van der Waals surface area contributed by atoms with E-state index in [1.165, 1.54) is 43.1 Å². The van der Waals surface area contributed by atoms with Crippen LogP contribution in [0.1, 0.15) is 0 Å². The molecule has 4 nitrogen and oxygen atoms in total. The maximum absolute atomic E-state index is 6.49. The molecule has 3 heterocycles. The van der Waals surface area contributed by atoms with Crippen LogP contribution in [0.15, 0.2) is 156 Å². The van der Waals surface area contributed by atoms with E-state index < -0.39 is 0 Å². The molecule has 4 heteroatoms. The fourth-order valence-corrected chi connectivity index (χ4v) is 7.84.